The number of β-amino-alcohol motifs (C(OH)–C–C–N with tert-alkyl or cyclic N) is 1. The van der Waals surface area contributed by atoms with Gasteiger partial charge in [0.15, 0.2) is 4.96 Å². The van der Waals surface area contributed by atoms with Crippen LogP contribution in [-0.2, 0) is 6.54 Å². The molecule has 1 saturated heterocycles. The van der Waals surface area contributed by atoms with Crippen LogP contribution in [0.2, 0.25) is 0 Å². The van der Waals surface area contributed by atoms with Gasteiger partial charge in [0.2, 0.25) is 0 Å². The minimum Gasteiger partial charge on any atom is -0.395 e. The Bertz CT molecular complexity index is 673. The third-order valence-corrected chi connectivity index (χ3v) is 4.84. The number of rotatable bonds is 4. The maximum atomic E-state index is 12.1. The van der Waals surface area contributed by atoms with Crippen molar-refractivity contribution >= 4 is 16.3 Å². The number of thiazole rings is 1. The zero-order chi connectivity index (χ0) is 14.8. The zero-order valence-corrected chi connectivity index (χ0v) is 13.0. The van der Waals surface area contributed by atoms with Crippen LogP contribution in [0, 0.1) is 6.92 Å². The van der Waals surface area contributed by atoms with Crippen LogP contribution >= 0.6 is 11.3 Å². The summed E-state index contributed by atoms with van der Waals surface area (Å²) >= 11 is 1.51. The SMILES string of the molecule is Cc1csc2nc(CN3CCN(CCO)CC3)cc(=O)n12. The molecule has 0 atom stereocenters. The molecule has 0 bridgehead atoms. The molecule has 2 aromatic heterocycles. The molecule has 3 rings (SSSR count). The molecule has 6 nitrogen and oxygen atoms in total. The maximum Gasteiger partial charge on any atom is 0.259 e. The Morgan fingerprint density at radius 3 is 2.71 bits per heavy atom. The molecule has 1 fully saturated rings. The molecule has 0 spiro atoms. The largest absolute Gasteiger partial charge is 0.395 e. The summed E-state index contributed by atoms with van der Waals surface area (Å²) in [5.74, 6) is 0. The van der Waals surface area contributed by atoms with Crippen molar-refractivity contribution < 1.29 is 5.11 Å². The summed E-state index contributed by atoms with van der Waals surface area (Å²) < 4.78 is 1.66. The number of nitrogens with zero attached hydrogens (tertiary/aromatic N) is 4. The first-order chi connectivity index (χ1) is 10.2. The molecular formula is C14H20N4O2S. The molecule has 1 N–H and O–H groups in total. The average Bonchev–Trinajstić information content (AvgIpc) is 2.83. The Kier molecular flexibility index (Phi) is 4.34. The number of fused-ring (bicyclic) bond motifs is 1. The standard InChI is InChI=1S/C14H20N4O2S/c1-11-10-21-14-15-12(8-13(20)18(11)14)9-17-4-2-16(3-5-17)6-7-19/h8,10,19H,2-7,9H2,1H3. The number of piperazine rings is 1. The topological polar surface area (TPSA) is 61.1 Å². The van der Waals surface area contributed by atoms with Gasteiger partial charge in [-0.15, -0.1) is 11.3 Å². The summed E-state index contributed by atoms with van der Waals surface area (Å²) in [7, 11) is 0. The van der Waals surface area contributed by atoms with E-state index in [-0.39, 0.29) is 12.2 Å². The Balaban J connectivity index is 1.70. The lowest BCUT2D eigenvalue weighted by atomic mass is 10.3. The highest BCUT2D eigenvalue weighted by atomic mass is 32.1. The molecule has 21 heavy (non-hydrogen) atoms. The van der Waals surface area contributed by atoms with Gasteiger partial charge in [0, 0.05) is 56.4 Å². The van der Waals surface area contributed by atoms with Gasteiger partial charge < -0.3 is 5.11 Å². The lowest BCUT2D eigenvalue weighted by Crippen LogP contribution is -2.46. The Morgan fingerprint density at radius 1 is 1.29 bits per heavy atom. The third kappa shape index (κ3) is 3.16. The normalized spacial score (nSPS) is 17.6. The summed E-state index contributed by atoms with van der Waals surface area (Å²) in [5.41, 5.74) is 1.79. The van der Waals surface area contributed by atoms with Gasteiger partial charge in [-0.2, -0.15) is 0 Å². The van der Waals surface area contributed by atoms with Crippen molar-refractivity contribution in [3.63, 3.8) is 0 Å². The van der Waals surface area contributed by atoms with Crippen LogP contribution in [0.25, 0.3) is 4.96 Å². The lowest BCUT2D eigenvalue weighted by molar-refractivity contribution is 0.108. The van der Waals surface area contributed by atoms with Crippen molar-refractivity contribution in [3.05, 3.63) is 33.2 Å². The second-order valence-electron chi connectivity index (χ2n) is 5.42. The molecule has 114 valence electrons. The van der Waals surface area contributed by atoms with E-state index < -0.39 is 0 Å². The van der Waals surface area contributed by atoms with Gasteiger partial charge >= 0.3 is 0 Å². The Morgan fingerprint density at radius 2 is 2.00 bits per heavy atom. The number of hydrogen-bond donors (Lipinski definition) is 1. The van der Waals surface area contributed by atoms with E-state index in [2.05, 4.69) is 14.8 Å². The van der Waals surface area contributed by atoms with E-state index in [4.69, 9.17) is 5.11 Å². The molecule has 0 aromatic carbocycles. The van der Waals surface area contributed by atoms with Crippen LogP contribution in [0.5, 0.6) is 0 Å². The van der Waals surface area contributed by atoms with Crippen molar-refractivity contribution in [1.82, 2.24) is 19.2 Å². The van der Waals surface area contributed by atoms with E-state index in [1.54, 1.807) is 10.5 Å². The van der Waals surface area contributed by atoms with Crippen LogP contribution in [0.1, 0.15) is 11.4 Å². The molecule has 0 saturated carbocycles. The van der Waals surface area contributed by atoms with Crippen LogP contribution in [0.15, 0.2) is 16.2 Å². The highest BCUT2D eigenvalue weighted by molar-refractivity contribution is 7.15. The van der Waals surface area contributed by atoms with Gasteiger partial charge in [0.1, 0.15) is 0 Å². The van der Waals surface area contributed by atoms with E-state index >= 15 is 0 Å². The molecule has 1 aliphatic rings. The van der Waals surface area contributed by atoms with Gasteiger partial charge in [0.05, 0.1) is 12.3 Å². The summed E-state index contributed by atoms with van der Waals surface area (Å²) in [5, 5.41) is 10.9. The monoisotopic (exact) mass is 308 g/mol. The first kappa shape index (κ1) is 14.6. The number of aryl methyl sites for hydroxylation is 1. The summed E-state index contributed by atoms with van der Waals surface area (Å²) in [6.07, 6.45) is 0. The van der Waals surface area contributed by atoms with E-state index in [9.17, 15) is 4.79 Å². The van der Waals surface area contributed by atoms with Gasteiger partial charge in [-0.3, -0.25) is 19.0 Å². The van der Waals surface area contributed by atoms with E-state index in [0.717, 1.165) is 55.6 Å². The molecule has 0 aliphatic carbocycles. The quantitative estimate of drug-likeness (QED) is 0.873. The molecule has 2 aromatic rings. The lowest BCUT2D eigenvalue weighted by Gasteiger charge is -2.34. The highest BCUT2D eigenvalue weighted by Gasteiger charge is 2.17. The minimum atomic E-state index is 0.00710. The van der Waals surface area contributed by atoms with Gasteiger partial charge in [-0.1, -0.05) is 0 Å². The molecule has 0 unspecified atom stereocenters. The van der Waals surface area contributed by atoms with Crippen LogP contribution in [0.4, 0.5) is 0 Å². The van der Waals surface area contributed by atoms with Crippen molar-refractivity contribution in [2.24, 2.45) is 0 Å². The van der Waals surface area contributed by atoms with Crippen LogP contribution < -0.4 is 5.56 Å². The Labute approximate surface area is 127 Å². The fourth-order valence-electron chi connectivity index (χ4n) is 2.72. The molecule has 0 radical (unpaired) electrons. The molecule has 0 amide bonds. The van der Waals surface area contributed by atoms with Crippen molar-refractivity contribution in [1.29, 1.82) is 0 Å². The first-order valence-electron chi connectivity index (χ1n) is 7.20. The molecule has 3 heterocycles. The maximum absolute atomic E-state index is 12.1. The number of hydrogen-bond acceptors (Lipinski definition) is 6. The molecule has 1 aliphatic heterocycles. The van der Waals surface area contributed by atoms with Crippen molar-refractivity contribution in [2.45, 2.75) is 13.5 Å². The van der Waals surface area contributed by atoms with Crippen LogP contribution in [0.3, 0.4) is 0 Å². The van der Waals surface area contributed by atoms with Crippen LogP contribution in [-0.4, -0.2) is 63.6 Å². The minimum absolute atomic E-state index is 0.00710. The van der Waals surface area contributed by atoms with E-state index in [0.29, 0.717) is 0 Å². The first-order valence-corrected chi connectivity index (χ1v) is 8.07. The summed E-state index contributed by atoms with van der Waals surface area (Å²) in [4.78, 5) is 22.1. The fraction of sp³-hybridized carbons (Fsp3) is 0.571. The predicted molar refractivity (Wildman–Crippen MR) is 82.9 cm³/mol. The molecule has 7 heteroatoms. The number of aliphatic hydroxyl groups excluding tert-OH is 1. The van der Waals surface area contributed by atoms with Crippen molar-refractivity contribution in [2.75, 3.05) is 39.3 Å². The van der Waals surface area contributed by atoms with Gasteiger partial charge in [-0.25, -0.2) is 4.98 Å². The smallest absolute Gasteiger partial charge is 0.259 e. The fourth-order valence-corrected chi connectivity index (χ4v) is 3.61. The number of aliphatic hydroxyl groups is 1. The number of aromatic nitrogens is 2. The second kappa shape index (κ2) is 6.23. The Hall–Kier alpha value is -1.28. The molecular weight excluding hydrogens is 288 g/mol. The van der Waals surface area contributed by atoms with Crippen molar-refractivity contribution in [3.8, 4) is 0 Å². The summed E-state index contributed by atoms with van der Waals surface area (Å²) in [6.45, 7) is 7.41. The third-order valence-electron chi connectivity index (χ3n) is 3.90. The van der Waals surface area contributed by atoms with Gasteiger partial charge in [0.25, 0.3) is 5.56 Å². The average molecular weight is 308 g/mol. The second-order valence-corrected chi connectivity index (χ2v) is 6.26. The van der Waals surface area contributed by atoms with E-state index in [1.165, 1.54) is 11.3 Å². The summed E-state index contributed by atoms with van der Waals surface area (Å²) in [6, 6.07) is 1.65. The zero-order valence-electron chi connectivity index (χ0n) is 12.2. The van der Waals surface area contributed by atoms with E-state index in [1.807, 2.05) is 12.3 Å². The highest BCUT2D eigenvalue weighted by Crippen LogP contribution is 2.13. The predicted octanol–water partition coefficient (Wildman–Crippen LogP) is 0.174. The van der Waals surface area contributed by atoms with Gasteiger partial charge in [-0.05, 0) is 6.92 Å².